The monoisotopic (exact) mass is 492 g/mol. The van der Waals surface area contributed by atoms with Gasteiger partial charge in [0.25, 0.3) is 11.8 Å². The second kappa shape index (κ2) is 9.58. The van der Waals surface area contributed by atoms with Gasteiger partial charge in [0.05, 0.1) is 5.56 Å². The number of halogens is 1. The van der Waals surface area contributed by atoms with Crippen molar-refractivity contribution in [2.24, 2.45) is 5.92 Å². The minimum Gasteiger partial charge on any atom is -0.339 e. The summed E-state index contributed by atoms with van der Waals surface area (Å²) in [6.07, 6.45) is 4.82. The fourth-order valence-corrected chi connectivity index (χ4v) is 5.80. The van der Waals surface area contributed by atoms with Gasteiger partial charge in [-0.3, -0.25) is 19.5 Å². The average Bonchev–Trinajstić information content (AvgIpc) is 3.50. The standard InChI is InChI=1S/C26H25FN4O3S/c27-22-8-2-1-7-21(22)23(32)30-13-9-18(10-14-30)26(19-5-3-12-28-17-19)24(33)31(25(34)29-26)15-11-20-6-4-16-35-20/h1-8,12,16-18H,9-11,13-15H2,(H,29,34)/t26-/m0/s1. The molecule has 7 nitrogen and oxygen atoms in total. The summed E-state index contributed by atoms with van der Waals surface area (Å²) < 4.78 is 14.2. The zero-order valence-corrected chi connectivity index (χ0v) is 19.8. The predicted molar refractivity (Wildman–Crippen MR) is 129 cm³/mol. The van der Waals surface area contributed by atoms with Crippen LogP contribution in [0.2, 0.25) is 0 Å². The molecule has 0 bridgehead atoms. The lowest BCUT2D eigenvalue weighted by Crippen LogP contribution is -2.54. The van der Waals surface area contributed by atoms with E-state index in [2.05, 4.69) is 10.3 Å². The molecule has 180 valence electrons. The van der Waals surface area contributed by atoms with Crippen LogP contribution in [-0.2, 0) is 16.8 Å². The number of urea groups is 1. The zero-order valence-electron chi connectivity index (χ0n) is 19.0. The van der Waals surface area contributed by atoms with Crippen molar-refractivity contribution >= 4 is 29.2 Å². The number of imide groups is 1. The van der Waals surface area contributed by atoms with Crippen LogP contribution >= 0.6 is 11.3 Å². The highest BCUT2D eigenvalue weighted by Gasteiger charge is 2.57. The highest BCUT2D eigenvalue weighted by molar-refractivity contribution is 7.09. The maximum Gasteiger partial charge on any atom is 0.325 e. The molecule has 4 heterocycles. The van der Waals surface area contributed by atoms with Gasteiger partial charge in [-0.1, -0.05) is 24.3 Å². The van der Waals surface area contributed by atoms with E-state index < -0.39 is 17.4 Å². The summed E-state index contributed by atoms with van der Waals surface area (Å²) in [5.74, 6) is -1.44. The number of rotatable bonds is 6. The van der Waals surface area contributed by atoms with Gasteiger partial charge in [-0.05, 0) is 54.8 Å². The largest absolute Gasteiger partial charge is 0.339 e. The third-order valence-electron chi connectivity index (χ3n) is 6.91. The lowest BCUT2D eigenvalue weighted by atomic mass is 9.73. The molecule has 35 heavy (non-hydrogen) atoms. The van der Waals surface area contributed by atoms with Crippen LogP contribution < -0.4 is 5.32 Å². The lowest BCUT2D eigenvalue weighted by Gasteiger charge is -2.41. The van der Waals surface area contributed by atoms with Gasteiger partial charge in [0.1, 0.15) is 5.82 Å². The van der Waals surface area contributed by atoms with Gasteiger partial charge >= 0.3 is 6.03 Å². The van der Waals surface area contributed by atoms with Crippen LogP contribution in [0, 0.1) is 11.7 Å². The smallest absolute Gasteiger partial charge is 0.325 e. The Morgan fingerprint density at radius 3 is 2.60 bits per heavy atom. The Labute approximate surface area is 206 Å². The summed E-state index contributed by atoms with van der Waals surface area (Å²) in [5, 5.41) is 4.98. The summed E-state index contributed by atoms with van der Waals surface area (Å²) in [5.41, 5.74) is -0.567. The number of carbonyl (C=O) groups excluding carboxylic acids is 3. The molecule has 0 unspecified atom stereocenters. The van der Waals surface area contributed by atoms with Gasteiger partial charge in [0, 0.05) is 42.5 Å². The van der Waals surface area contributed by atoms with Crippen LogP contribution in [0.3, 0.4) is 0 Å². The third kappa shape index (κ3) is 4.20. The van der Waals surface area contributed by atoms with Crippen LogP contribution in [0.1, 0.15) is 33.6 Å². The van der Waals surface area contributed by atoms with E-state index in [0.29, 0.717) is 37.9 Å². The Kier molecular flexibility index (Phi) is 6.34. The molecule has 2 fully saturated rings. The van der Waals surface area contributed by atoms with Crippen molar-refractivity contribution < 1.29 is 18.8 Å². The Morgan fingerprint density at radius 1 is 1.11 bits per heavy atom. The molecule has 2 saturated heterocycles. The summed E-state index contributed by atoms with van der Waals surface area (Å²) in [6.45, 7) is 1.01. The van der Waals surface area contributed by atoms with Crippen LogP contribution in [-0.4, -0.2) is 52.3 Å². The third-order valence-corrected chi connectivity index (χ3v) is 7.85. The number of nitrogens with zero attached hydrogens (tertiary/aromatic N) is 3. The maximum absolute atomic E-state index is 14.2. The molecular weight excluding hydrogens is 467 g/mol. The summed E-state index contributed by atoms with van der Waals surface area (Å²) >= 11 is 1.59. The van der Waals surface area contributed by atoms with Crippen molar-refractivity contribution in [3.8, 4) is 0 Å². The SMILES string of the molecule is O=C(c1ccccc1F)N1CCC([C@@]2(c3cccnc3)NC(=O)N(CCc3cccs3)C2=O)CC1. The van der Waals surface area contributed by atoms with Crippen LogP contribution in [0.4, 0.5) is 9.18 Å². The first kappa shape index (κ1) is 23.2. The quantitative estimate of drug-likeness (QED) is 0.531. The molecule has 9 heteroatoms. The number of pyridine rings is 1. The van der Waals surface area contributed by atoms with Gasteiger partial charge in [-0.15, -0.1) is 11.3 Å². The molecule has 2 aliphatic rings. The molecule has 0 spiro atoms. The number of benzene rings is 1. The van der Waals surface area contributed by atoms with Crippen molar-refractivity contribution in [2.45, 2.75) is 24.8 Å². The fraction of sp³-hybridized carbons (Fsp3) is 0.308. The van der Waals surface area contributed by atoms with E-state index in [0.717, 1.165) is 4.88 Å². The number of likely N-dealkylation sites (tertiary alicyclic amines) is 1. The Balaban J connectivity index is 1.38. The average molecular weight is 493 g/mol. The topological polar surface area (TPSA) is 82.6 Å². The number of piperidine rings is 1. The van der Waals surface area contributed by atoms with Crippen LogP contribution in [0.25, 0.3) is 0 Å². The number of carbonyl (C=O) groups is 3. The van der Waals surface area contributed by atoms with Crippen molar-refractivity contribution in [1.82, 2.24) is 20.1 Å². The van der Waals surface area contributed by atoms with Gasteiger partial charge in [-0.25, -0.2) is 9.18 Å². The van der Waals surface area contributed by atoms with Gasteiger partial charge < -0.3 is 10.2 Å². The first-order chi connectivity index (χ1) is 17.0. The van der Waals surface area contributed by atoms with E-state index >= 15 is 0 Å². The molecule has 0 aliphatic carbocycles. The van der Waals surface area contributed by atoms with E-state index in [1.54, 1.807) is 46.8 Å². The minimum absolute atomic E-state index is 0.0397. The van der Waals surface area contributed by atoms with Gasteiger partial charge in [-0.2, -0.15) is 0 Å². The summed E-state index contributed by atoms with van der Waals surface area (Å²) in [6, 6.07) is 13.0. The molecule has 2 aliphatic heterocycles. The summed E-state index contributed by atoms with van der Waals surface area (Å²) in [4.78, 5) is 48.0. The number of thiophene rings is 1. The van der Waals surface area contributed by atoms with Crippen molar-refractivity contribution in [3.63, 3.8) is 0 Å². The molecule has 4 amide bonds. The first-order valence-electron chi connectivity index (χ1n) is 11.6. The van der Waals surface area contributed by atoms with Gasteiger partial charge in [0.2, 0.25) is 0 Å². The Morgan fingerprint density at radius 2 is 1.91 bits per heavy atom. The van der Waals surface area contributed by atoms with E-state index in [-0.39, 0.29) is 29.8 Å². The second-order valence-corrected chi connectivity index (χ2v) is 9.84. The predicted octanol–water partition coefficient (Wildman–Crippen LogP) is 3.82. The molecule has 0 saturated carbocycles. The number of hydrogen-bond acceptors (Lipinski definition) is 5. The molecule has 0 radical (unpaired) electrons. The molecule has 1 aromatic carbocycles. The molecule has 3 aromatic rings. The molecule has 1 atom stereocenters. The second-order valence-electron chi connectivity index (χ2n) is 8.81. The Bertz CT molecular complexity index is 1230. The molecule has 1 N–H and O–H groups in total. The van der Waals surface area contributed by atoms with E-state index in [1.807, 2.05) is 23.6 Å². The maximum atomic E-state index is 14.2. The lowest BCUT2D eigenvalue weighted by molar-refractivity contribution is -0.134. The van der Waals surface area contributed by atoms with Crippen molar-refractivity contribution in [3.05, 3.63) is 88.1 Å². The van der Waals surface area contributed by atoms with Crippen LogP contribution in [0.15, 0.2) is 66.3 Å². The van der Waals surface area contributed by atoms with Crippen molar-refractivity contribution in [1.29, 1.82) is 0 Å². The number of amides is 4. The number of aromatic nitrogens is 1. The minimum atomic E-state index is -1.24. The van der Waals surface area contributed by atoms with Crippen LogP contribution in [0.5, 0.6) is 0 Å². The van der Waals surface area contributed by atoms with E-state index in [1.165, 1.54) is 17.0 Å². The normalized spacial score (nSPS) is 20.8. The highest BCUT2D eigenvalue weighted by atomic mass is 32.1. The number of hydrogen-bond donors (Lipinski definition) is 1. The fourth-order valence-electron chi connectivity index (χ4n) is 5.10. The molecular formula is C26H25FN4O3S. The molecule has 2 aromatic heterocycles. The van der Waals surface area contributed by atoms with E-state index in [4.69, 9.17) is 0 Å². The Hall–Kier alpha value is -3.59. The molecule has 5 rings (SSSR count). The summed E-state index contributed by atoms with van der Waals surface area (Å²) in [7, 11) is 0. The first-order valence-corrected chi connectivity index (χ1v) is 12.5. The zero-order chi connectivity index (χ0) is 24.4. The van der Waals surface area contributed by atoms with E-state index in [9.17, 15) is 18.8 Å². The van der Waals surface area contributed by atoms with Gasteiger partial charge in [0.15, 0.2) is 5.54 Å². The number of nitrogens with one attached hydrogen (secondary N) is 1. The van der Waals surface area contributed by atoms with Crippen molar-refractivity contribution in [2.75, 3.05) is 19.6 Å². The highest BCUT2D eigenvalue weighted by Crippen LogP contribution is 2.41.